The molecule has 0 aliphatic rings. The molecule has 1 atom stereocenters. The molecule has 1 N–H and O–H groups in total. The molecule has 8 nitrogen and oxygen atoms in total. The molecule has 2 rings (SSSR count). The van der Waals surface area contributed by atoms with Crippen molar-refractivity contribution < 1.29 is 22.7 Å². The van der Waals surface area contributed by atoms with Crippen molar-refractivity contribution in [1.29, 1.82) is 0 Å². The van der Waals surface area contributed by atoms with E-state index in [1.807, 2.05) is 32.9 Å². The van der Waals surface area contributed by atoms with Crippen LogP contribution < -0.4 is 14.4 Å². The molecule has 0 heterocycles. The molecular weight excluding hydrogens is 546 g/mol. The number of halogens is 1. The first-order valence-corrected chi connectivity index (χ1v) is 14.6. The van der Waals surface area contributed by atoms with Crippen LogP contribution in [0, 0.1) is 6.92 Å². The molecule has 0 saturated carbocycles. The van der Waals surface area contributed by atoms with Crippen molar-refractivity contribution in [1.82, 2.24) is 10.2 Å². The zero-order valence-corrected chi connectivity index (χ0v) is 24.0. The molecule has 0 aliphatic carbocycles. The van der Waals surface area contributed by atoms with Gasteiger partial charge in [0, 0.05) is 17.6 Å². The summed E-state index contributed by atoms with van der Waals surface area (Å²) >= 11 is 3.42. The van der Waals surface area contributed by atoms with E-state index in [0.717, 1.165) is 39.0 Å². The van der Waals surface area contributed by atoms with Gasteiger partial charge in [-0.15, -0.1) is 0 Å². The highest BCUT2D eigenvalue weighted by molar-refractivity contribution is 9.10. The summed E-state index contributed by atoms with van der Waals surface area (Å²) in [6.07, 6.45) is 3.21. The molecule has 198 valence electrons. The first-order valence-electron chi connectivity index (χ1n) is 12.0. The van der Waals surface area contributed by atoms with Crippen LogP contribution in [0.5, 0.6) is 5.75 Å². The van der Waals surface area contributed by atoms with E-state index in [4.69, 9.17) is 4.74 Å². The summed E-state index contributed by atoms with van der Waals surface area (Å²) in [5, 5.41) is 2.91. The lowest BCUT2D eigenvalue weighted by Crippen LogP contribution is -2.52. The van der Waals surface area contributed by atoms with Crippen LogP contribution in [0.25, 0.3) is 0 Å². The van der Waals surface area contributed by atoms with E-state index < -0.39 is 28.5 Å². The molecule has 1 unspecified atom stereocenters. The molecule has 0 bridgehead atoms. The fourth-order valence-corrected chi connectivity index (χ4v) is 4.88. The number of hydrogen-bond donors (Lipinski definition) is 1. The van der Waals surface area contributed by atoms with Crippen molar-refractivity contribution >= 4 is 43.5 Å². The van der Waals surface area contributed by atoms with Crippen molar-refractivity contribution in [3.63, 3.8) is 0 Å². The van der Waals surface area contributed by atoms with Gasteiger partial charge in [0.2, 0.25) is 21.8 Å². The normalized spacial score (nSPS) is 12.1. The van der Waals surface area contributed by atoms with Gasteiger partial charge in [-0.2, -0.15) is 0 Å². The number of carbonyl (C=O) groups is 2. The second-order valence-corrected chi connectivity index (χ2v) is 11.4. The highest BCUT2D eigenvalue weighted by Gasteiger charge is 2.31. The lowest BCUT2D eigenvalue weighted by molar-refractivity contribution is -0.140. The first-order chi connectivity index (χ1) is 17.0. The molecule has 0 aromatic heterocycles. The van der Waals surface area contributed by atoms with Crippen LogP contribution in [0.2, 0.25) is 0 Å². The minimum atomic E-state index is -3.78. The number of benzene rings is 2. The maximum atomic E-state index is 13.7. The van der Waals surface area contributed by atoms with Gasteiger partial charge in [-0.25, -0.2) is 8.42 Å². The third-order valence-electron chi connectivity index (χ3n) is 5.81. The van der Waals surface area contributed by atoms with Gasteiger partial charge in [0.15, 0.2) is 0 Å². The largest absolute Gasteiger partial charge is 0.497 e. The molecule has 36 heavy (non-hydrogen) atoms. The van der Waals surface area contributed by atoms with Gasteiger partial charge in [-0.3, -0.25) is 13.9 Å². The van der Waals surface area contributed by atoms with Gasteiger partial charge in [0.1, 0.15) is 18.3 Å². The number of carbonyl (C=O) groups excluding carboxylic acids is 2. The van der Waals surface area contributed by atoms with Crippen LogP contribution in [-0.4, -0.2) is 57.6 Å². The van der Waals surface area contributed by atoms with Crippen molar-refractivity contribution in [2.24, 2.45) is 0 Å². The van der Waals surface area contributed by atoms with Gasteiger partial charge >= 0.3 is 0 Å². The van der Waals surface area contributed by atoms with E-state index in [0.29, 0.717) is 24.4 Å². The maximum absolute atomic E-state index is 13.7. The summed E-state index contributed by atoms with van der Waals surface area (Å²) in [4.78, 5) is 28.3. The number of nitrogens with zero attached hydrogens (tertiary/aromatic N) is 2. The van der Waals surface area contributed by atoms with Crippen LogP contribution in [0.3, 0.4) is 0 Å². The minimum Gasteiger partial charge on any atom is -0.497 e. The Kier molecular flexibility index (Phi) is 11.2. The van der Waals surface area contributed by atoms with Gasteiger partial charge in [-0.1, -0.05) is 48.3 Å². The summed E-state index contributed by atoms with van der Waals surface area (Å²) in [6, 6.07) is 11.6. The van der Waals surface area contributed by atoms with Gasteiger partial charge < -0.3 is 15.0 Å². The second-order valence-electron chi connectivity index (χ2n) is 8.64. The molecule has 2 amide bonds. The highest BCUT2D eigenvalue weighted by atomic mass is 79.9. The van der Waals surface area contributed by atoms with Crippen molar-refractivity contribution in [3.8, 4) is 5.75 Å². The summed E-state index contributed by atoms with van der Waals surface area (Å²) in [5.74, 6) is -0.0997. The second kappa shape index (κ2) is 13.6. The summed E-state index contributed by atoms with van der Waals surface area (Å²) in [7, 11) is -2.22. The standard InChI is InChI=1S/C26H36BrN3O5S/c1-6-8-14-28-26(32)24(7-2)29(17-20-10-9-11-22(16-20)35-4)25(31)18-30(36(5,33)34)21-12-13-23(27)19(3)15-21/h9-13,15-16,24H,6-8,14,17-18H2,1-5H3,(H,28,32). The number of anilines is 1. The van der Waals surface area contributed by atoms with Gasteiger partial charge in [0.05, 0.1) is 19.1 Å². The van der Waals surface area contributed by atoms with Crippen LogP contribution in [0.4, 0.5) is 5.69 Å². The third kappa shape index (κ3) is 8.23. The lowest BCUT2D eigenvalue weighted by atomic mass is 10.1. The number of amides is 2. The smallest absolute Gasteiger partial charge is 0.244 e. The van der Waals surface area contributed by atoms with Gasteiger partial charge in [0.25, 0.3) is 0 Å². The number of unbranched alkanes of at least 4 members (excludes halogenated alkanes) is 1. The van der Waals surface area contributed by atoms with E-state index in [-0.39, 0.29) is 12.5 Å². The van der Waals surface area contributed by atoms with Crippen molar-refractivity contribution in [2.75, 3.05) is 30.8 Å². The molecule has 0 aliphatic heterocycles. The molecule has 2 aromatic rings. The lowest BCUT2D eigenvalue weighted by Gasteiger charge is -2.33. The van der Waals surface area contributed by atoms with Crippen LogP contribution in [0.1, 0.15) is 44.2 Å². The zero-order valence-electron chi connectivity index (χ0n) is 21.6. The molecule has 2 aromatic carbocycles. The Labute approximate surface area is 223 Å². The van der Waals surface area contributed by atoms with E-state index >= 15 is 0 Å². The zero-order chi connectivity index (χ0) is 26.9. The predicted molar refractivity (Wildman–Crippen MR) is 147 cm³/mol. The summed E-state index contributed by atoms with van der Waals surface area (Å²) < 4.78 is 32.7. The van der Waals surface area contributed by atoms with E-state index in [9.17, 15) is 18.0 Å². The molecule has 0 saturated heterocycles. The monoisotopic (exact) mass is 581 g/mol. The quantitative estimate of drug-likeness (QED) is 0.357. The number of ether oxygens (including phenoxy) is 1. The Morgan fingerprint density at radius 3 is 2.44 bits per heavy atom. The SMILES string of the molecule is CCCCNC(=O)C(CC)N(Cc1cccc(OC)c1)C(=O)CN(c1ccc(Br)c(C)c1)S(C)(=O)=O. The van der Waals surface area contributed by atoms with Crippen LogP contribution in [0.15, 0.2) is 46.9 Å². The number of nitrogens with one attached hydrogen (secondary N) is 1. The Morgan fingerprint density at radius 2 is 1.86 bits per heavy atom. The number of methoxy groups -OCH3 is 1. The average Bonchev–Trinajstić information content (AvgIpc) is 2.83. The molecule has 10 heteroatoms. The topological polar surface area (TPSA) is 96.0 Å². The van der Waals surface area contributed by atoms with Crippen LogP contribution >= 0.6 is 15.9 Å². The van der Waals surface area contributed by atoms with Gasteiger partial charge in [-0.05, 0) is 61.2 Å². The van der Waals surface area contributed by atoms with Crippen LogP contribution in [-0.2, 0) is 26.2 Å². The predicted octanol–water partition coefficient (Wildman–Crippen LogP) is 4.26. The third-order valence-corrected chi connectivity index (χ3v) is 7.84. The number of aryl methyl sites for hydroxylation is 1. The van der Waals surface area contributed by atoms with Crippen molar-refractivity contribution in [2.45, 2.75) is 52.6 Å². The number of rotatable bonds is 13. The first kappa shape index (κ1) is 29.6. The fraction of sp³-hybridized carbons (Fsp3) is 0.462. The van der Waals surface area contributed by atoms with E-state index in [1.165, 1.54) is 4.90 Å². The maximum Gasteiger partial charge on any atom is 0.244 e. The fourth-order valence-electron chi connectivity index (χ4n) is 3.79. The number of hydrogen-bond acceptors (Lipinski definition) is 5. The Morgan fingerprint density at radius 1 is 1.14 bits per heavy atom. The Hall–Kier alpha value is -2.59. The van der Waals surface area contributed by atoms with E-state index in [2.05, 4.69) is 21.2 Å². The molecular formula is C26H36BrN3O5S. The number of sulfonamides is 1. The van der Waals surface area contributed by atoms with Crippen molar-refractivity contribution in [3.05, 3.63) is 58.1 Å². The highest BCUT2D eigenvalue weighted by Crippen LogP contribution is 2.25. The average molecular weight is 583 g/mol. The molecule has 0 spiro atoms. The Bertz CT molecular complexity index is 1160. The van der Waals surface area contributed by atoms with E-state index in [1.54, 1.807) is 37.4 Å². The Balaban J connectivity index is 2.44. The molecule has 0 fully saturated rings. The summed E-state index contributed by atoms with van der Waals surface area (Å²) in [6.45, 7) is 5.93. The molecule has 0 radical (unpaired) electrons. The minimum absolute atomic E-state index is 0.132. The summed E-state index contributed by atoms with van der Waals surface area (Å²) in [5.41, 5.74) is 1.99.